The van der Waals surface area contributed by atoms with Crippen LogP contribution in [0, 0.1) is 6.92 Å². The first kappa shape index (κ1) is 13.6. The molecule has 4 aromatic rings. The van der Waals surface area contributed by atoms with E-state index in [2.05, 4.69) is 25.3 Å². The summed E-state index contributed by atoms with van der Waals surface area (Å²) in [4.78, 5) is 11.1. The van der Waals surface area contributed by atoms with E-state index in [0.29, 0.717) is 12.4 Å². The monoisotopic (exact) mass is 308 g/mol. The Morgan fingerprint density at radius 2 is 2.04 bits per heavy atom. The molecule has 0 aliphatic rings. The number of pyridine rings is 1. The van der Waals surface area contributed by atoms with Crippen molar-refractivity contribution in [3.63, 3.8) is 0 Å². The Balaban J connectivity index is 1.76. The van der Waals surface area contributed by atoms with E-state index in [9.17, 15) is 0 Å². The minimum absolute atomic E-state index is 0.589. The smallest absolute Gasteiger partial charge is 0.163 e. The van der Waals surface area contributed by atoms with Crippen LogP contribution in [0.25, 0.3) is 16.7 Å². The zero-order valence-electron chi connectivity index (χ0n) is 13.2. The van der Waals surface area contributed by atoms with Crippen molar-refractivity contribution in [3.05, 3.63) is 42.2 Å². The molecular formula is C15H16N8. The molecule has 0 aromatic carbocycles. The van der Waals surface area contributed by atoms with E-state index in [0.717, 1.165) is 28.3 Å². The molecule has 4 heterocycles. The first-order valence-corrected chi connectivity index (χ1v) is 7.29. The maximum atomic E-state index is 4.58. The molecule has 0 aliphatic heterocycles. The molecule has 8 nitrogen and oxygen atoms in total. The highest BCUT2D eigenvalue weighted by molar-refractivity contribution is 5.86. The highest BCUT2D eigenvalue weighted by atomic mass is 15.3. The largest absolute Gasteiger partial charge is 0.351 e. The SMILES string of the molecule is Cc1nc(N(C)Cc2nnc3ccccn23)c2cnn(C)c2n1. The first-order valence-electron chi connectivity index (χ1n) is 7.29. The quantitative estimate of drug-likeness (QED) is 0.568. The van der Waals surface area contributed by atoms with Crippen molar-refractivity contribution < 1.29 is 0 Å². The predicted molar refractivity (Wildman–Crippen MR) is 86.1 cm³/mol. The van der Waals surface area contributed by atoms with Crippen LogP contribution in [0.5, 0.6) is 0 Å². The lowest BCUT2D eigenvalue weighted by atomic mass is 10.3. The van der Waals surface area contributed by atoms with Crippen LogP contribution in [-0.4, -0.2) is 41.4 Å². The number of anilines is 1. The molecule has 116 valence electrons. The van der Waals surface area contributed by atoms with Gasteiger partial charge in [0.1, 0.15) is 11.6 Å². The van der Waals surface area contributed by atoms with Crippen LogP contribution in [0.15, 0.2) is 30.6 Å². The van der Waals surface area contributed by atoms with Crippen LogP contribution in [0.1, 0.15) is 11.6 Å². The second kappa shape index (κ2) is 5.01. The van der Waals surface area contributed by atoms with E-state index in [1.807, 2.05) is 54.7 Å². The number of aromatic nitrogens is 7. The molecular weight excluding hydrogens is 292 g/mol. The van der Waals surface area contributed by atoms with Gasteiger partial charge >= 0.3 is 0 Å². The summed E-state index contributed by atoms with van der Waals surface area (Å²) < 4.78 is 3.73. The number of aryl methyl sites for hydroxylation is 2. The standard InChI is InChI=1S/C15H16N8/c1-10-17-14(11-8-16-22(3)15(11)18-10)21(2)9-13-20-19-12-6-4-5-7-23(12)13/h4-8H,9H2,1-3H3. The molecule has 0 saturated carbocycles. The summed E-state index contributed by atoms with van der Waals surface area (Å²) in [6.45, 7) is 2.47. The maximum Gasteiger partial charge on any atom is 0.163 e. The van der Waals surface area contributed by atoms with Crippen molar-refractivity contribution in [3.8, 4) is 0 Å². The van der Waals surface area contributed by atoms with E-state index in [-0.39, 0.29) is 0 Å². The van der Waals surface area contributed by atoms with Crippen LogP contribution >= 0.6 is 0 Å². The van der Waals surface area contributed by atoms with E-state index in [4.69, 9.17) is 0 Å². The van der Waals surface area contributed by atoms with Crippen LogP contribution in [0.4, 0.5) is 5.82 Å². The van der Waals surface area contributed by atoms with Gasteiger partial charge in [-0.3, -0.25) is 9.08 Å². The average Bonchev–Trinajstić information content (AvgIpc) is 3.12. The van der Waals surface area contributed by atoms with Gasteiger partial charge in [0.05, 0.1) is 18.1 Å². The Morgan fingerprint density at radius 1 is 1.17 bits per heavy atom. The summed E-state index contributed by atoms with van der Waals surface area (Å²) in [6.07, 6.45) is 3.76. The van der Waals surface area contributed by atoms with Crippen LogP contribution in [-0.2, 0) is 13.6 Å². The van der Waals surface area contributed by atoms with E-state index in [1.165, 1.54) is 0 Å². The van der Waals surface area contributed by atoms with Crippen LogP contribution in [0.2, 0.25) is 0 Å². The van der Waals surface area contributed by atoms with Gasteiger partial charge in [-0.25, -0.2) is 9.97 Å². The molecule has 23 heavy (non-hydrogen) atoms. The van der Waals surface area contributed by atoms with Gasteiger partial charge in [-0.1, -0.05) is 6.07 Å². The number of nitrogens with zero attached hydrogens (tertiary/aromatic N) is 8. The third kappa shape index (κ3) is 2.19. The average molecular weight is 308 g/mol. The summed E-state index contributed by atoms with van der Waals surface area (Å²) in [6, 6.07) is 5.85. The molecule has 0 unspecified atom stereocenters. The molecule has 0 spiro atoms. The molecule has 4 rings (SSSR count). The molecule has 0 aliphatic carbocycles. The lowest BCUT2D eigenvalue weighted by Crippen LogP contribution is -2.20. The van der Waals surface area contributed by atoms with Gasteiger partial charge in [0.25, 0.3) is 0 Å². The van der Waals surface area contributed by atoms with Gasteiger partial charge in [-0.15, -0.1) is 10.2 Å². The first-order chi connectivity index (χ1) is 11.1. The van der Waals surface area contributed by atoms with Crippen molar-refractivity contribution >= 4 is 22.5 Å². The molecule has 4 aromatic heterocycles. The second-order valence-corrected chi connectivity index (χ2v) is 5.50. The van der Waals surface area contributed by atoms with Gasteiger partial charge in [-0.05, 0) is 19.1 Å². The molecule has 0 atom stereocenters. The molecule has 0 N–H and O–H groups in total. The Hall–Kier alpha value is -3.03. The highest BCUT2D eigenvalue weighted by Crippen LogP contribution is 2.23. The normalized spacial score (nSPS) is 11.4. The zero-order valence-corrected chi connectivity index (χ0v) is 13.2. The third-order valence-electron chi connectivity index (χ3n) is 3.81. The number of fused-ring (bicyclic) bond motifs is 2. The van der Waals surface area contributed by atoms with Gasteiger partial charge in [0.15, 0.2) is 17.1 Å². The lowest BCUT2D eigenvalue weighted by Gasteiger charge is -2.18. The summed E-state index contributed by atoms with van der Waals surface area (Å²) in [5.74, 6) is 2.42. The molecule has 0 fully saturated rings. The summed E-state index contributed by atoms with van der Waals surface area (Å²) >= 11 is 0. The second-order valence-electron chi connectivity index (χ2n) is 5.50. The number of hydrogen-bond donors (Lipinski definition) is 0. The molecule has 8 heteroatoms. The summed E-state index contributed by atoms with van der Waals surface area (Å²) in [5.41, 5.74) is 1.66. The Morgan fingerprint density at radius 3 is 2.91 bits per heavy atom. The fraction of sp³-hybridized carbons (Fsp3) is 0.267. The lowest BCUT2D eigenvalue weighted by molar-refractivity contribution is 0.780. The highest BCUT2D eigenvalue weighted by Gasteiger charge is 2.15. The predicted octanol–water partition coefficient (Wildman–Crippen LogP) is 1.35. The van der Waals surface area contributed by atoms with Crippen molar-refractivity contribution in [1.29, 1.82) is 0 Å². The molecule has 0 saturated heterocycles. The van der Waals surface area contributed by atoms with E-state index >= 15 is 0 Å². The Bertz CT molecular complexity index is 999. The number of rotatable bonds is 3. The molecule has 0 bridgehead atoms. The minimum atomic E-state index is 0.589. The van der Waals surface area contributed by atoms with E-state index < -0.39 is 0 Å². The molecule has 0 radical (unpaired) electrons. The van der Waals surface area contributed by atoms with Crippen molar-refractivity contribution in [2.45, 2.75) is 13.5 Å². The van der Waals surface area contributed by atoms with Crippen LogP contribution < -0.4 is 4.90 Å². The Kier molecular flexibility index (Phi) is 2.97. The van der Waals surface area contributed by atoms with Crippen molar-refractivity contribution in [2.24, 2.45) is 7.05 Å². The topological polar surface area (TPSA) is 77.0 Å². The summed E-state index contributed by atoms with van der Waals surface area (Å²) in [7, 11) is 3.86. The van der Waals surface area contributed by atoms with Gasteiger partial charge in [0.2, 0.25) is 0 Å². The Labute approximate surface area is 132 Å². The third-order valence-corrected chi connectivity index (χ3v) is 3.81. The van der Waals surface area contributed by atoms with Gasteiger partial charge in [-0.2, -0.15) is 5.10 Å². The van der Waals surface area contributed by atoms with Gasteiger partial charge in [0, 0.05) is 20.3 Å². The van der Waals surface area contributed by atoms with Crippen molar-refractivity contribution in [2.75, 3.05) is 11.9 Å². The fourth-order valence-corrected chi connectivity index (χ4v) is 2.69. The fourth-order valence-electron chi connectivity index (χ4n) is 2.69. The van der Waals surface area contributed by atoms with Gasteiger partial charge < -0.3 is 4.90 Å². The van der Waals surface area contributed by atoms with Crippen molar-refractivity contribution in [1.82, 2.24) is 34.3 Å². The molecule has 0 amide bonds. The minimum Gasteiger partial charge on any atom is -0.351 e. The van der Waals surface area contributed by atoms with Crippen LogP contribution in [0.3, 0.4) is 0 Å². The van der Waals surface area contributed by atoms with E-state index in [1.54, 1.807) is 10.9 Å². The summed E-state index contributed by atoms with van der Waals surface area (Å²) in [5, 5.41) is 13.7. The maximum absolute atomic E-state index is 4.58. The number of hydrogen-bond acceptors (Lipinski definition) is 6. The zero-order chi connectivity index (χ0) is 16.0.